The van der Waals surface area contributed by atoms with Gasteiger partial charge in [-0.2, -0.15) is 0 Å². The average molecular weight is 276 g/mol. The Labute approximate surface area is 121 Å². The number of hydrogen-bond donors (Lipinski definition) is 0. The molecule has 0 N–H and O–H groups in total. The van der Waals surface area contributed by atoms with Gasteiger partial charge in [0.1, 0.15) is 0 Å². The Balaban J connectivity index is 1.61. The van der Waals surface area contributed by atoms with Crippen molar-refractivity contribution in [3.05, 3.63) is 23.3 Å². The average Bonchev–Trinajstić information content (AvgIpc) is 2.78. The van der Waals surface area contributed by atoms with E-state index in [0.717, 1.165) is 37.4 Å². The Morgan fingerprint density at radius 3 is 2.20 bits per heavy atom. The van der Waals surface area contributed by atoms with Gasteiger partial charge < -0.3 is 19.3 Å². The first-order valence-electron chi connectivity index (χ1n) is 7.51. The van der Waals surface area contributed by atoms with E-state index in [1.807, 2.05) is 0 Å². The highest BCUT2D eigenvalue weighted by molar-refractivity contribution is 5.49. The second-order valence-electron chi connectivity index (χ2n) is 5.97. The van der Waals surface area contributed by atoms with Gasteiger partial charge in [-0.25, -0.2) is 0 Å². The molecule has 0 spiro atoms. The fraction of sp³-hybridized carbons (Fsp3) is 0.625. The van der Waals surface area contributed by atoms with Crippen LogP contribution >= 0.6 is 0 Å². The van der Waals surface area contributed by atoms with E-state index < -0.39 is 0 Å². The van der Waals surface area contributed by atoms with Gasteiger partial charge in [-0.05, 0) is 69.7 Å². The summed E-state index contributed by atoms with van der Waals surface area (Å²) in [5.74, 6) is 1.84. The number of benzene rings is 1. The number of hydrogen-bond acceptors (Lipinski definition) is 4. The van der Waals surface area contributed by atoms with Crippen LogP contribution in [0, 0.1) is 0 Å². The smallest absolute Gasteiger partial charge is 0.231 e. The molecule has 1 aromatic carbocycles. The fourth-order valence-electron chi connectivity index (χ4n) is 2.99. The third-order valence-corrected chi connectivity index (χ3v) is 4.17. The van der Waals surface area contributed by atoms with Crippen molar-refractivity contribution in [1.29, 1.82) is 0 Å². The summed E-state index contributed by atoms with van der Waals surface area (Å²) in [6, 6.07) is 4.36. The van der Waals surface area contributed by atoms with Crippen molar-refractivity contribution in [2.45, 2.75) is 19.3 Å². The molecule has 0 unspecified atom stereocenters. The van der Waals surface area contributed by atoms with E-state index in [9.17, 15) is 0 Å². The highest BCUT2D eigenvalue weighted by atomic mass is 16.7. The Kier molecular flexibility index (Phi) is 4.13. The summed E-state index contributed by atoms with van der Waals surface area (Å²) >= 11 is 0. The van der Waals surface area contributed by atoms with Gasteiger partial charge in [-0.3, -0.25) is 0 Å². The summed E-state index contributed by atoms with van der Waals surface area (Å²) < 4.78 is 11.0. The Hall–Kier alpha value is -1.26. The third-order valence-electron chi connectivity index (χ3n) is 4.17. The molecule has 2 heterocycles. The minimum atomic E-state index is 0.370. The summed E-state index contributed by atoms with van der Waals surface area (Å²) in [4.78, 5) is 4.84. The summed E-state index contributed by atoms with van der Waals surface area (Å²) in [7, 11) is 4.28. The van der Waals surface area contributed by atoms with Gasteiger partial charge in [-0.1, -0.05) is 0 Å². The van der Waals surface area contributed by atoms with Gasteiger partial charge in [0.25, 0.3) is 0 Å². The third kappa shape index (κ3) is 3.07. The van der Waals surface area contributed by atoms with E-state index in [2.05, 4.69) is 36.0 Å². The standard InChI is InChI=1S/C16H24N2O2/c1-17(2)6-3-7-18-8-4-13-10-15-16(20-12-19-15)11-14(13)5-9-18/h10-11H,3-9,12H2,1-2H3. The maximum atomic E-state index is 5.48. The first kappa shape index (κ1) is 13.7. The lowest BCUT2D eigenvalue weighted by Crippen LogP contribution is -2.29. The number of ether oxygens (including phenoxy) is 2. The molecule has 20 heavy (non-hydrogen) atoms. The first-order valence-corrected chi connectivity index (χ1v) is 7.51. The molecule has 0 aliphatic carbocycles. The Bertz CT molecular complexity index is 439. The summed E-state index contributed by atoms with van der Waals surface area (Å²) in [6.45, 7) is 5.04. The van der Waals surface area contributed by atoms with E-state index >= 15 is 0 Å². The second kappa shape index (κ2) is 6.02. The number of fused-ring (bicyclic) bond motifs is 2. The Morgan fingerprint density at radius 2 is 1.65 bits per heavy atom. The molecule has 0 amide bonds. The summed E-state index contributed by atoms with van der Waals surface area (Å²) in [5.41, 5.74) is 2.87. The van der Waals surface area contributed by atoms with E-state index in [-0.39, 0.29) is 0 Å². The van der Waals surface area contributed by atoms with Crippen LogP contribution in [-0.2, 0) is 12.8 Å². The lowest BCUT2D eigenvalue weighted by atomic mass is 10.0. The molecule has 0 bridgehead atoms. The molecule has 0 radical (unpaired) electrons. The quantitative estimate of drug-likeness (QED) is 0.837. The van der Waals surface area contributed by atoms with E-state index in [0.29, 0.717) is 6.79 Å². The lowest BCUT2D eigenvalue weighted by Gasteiger charge is -2.20. The molecular formula is C16H24N2O2. The molecule has 1 aromatic rings. The minimum Gasteiger partial charge on any atom is -0.454 e. The predicted molar refractivity (Wildman–Crippen MR) is 79.6 cm³/mol. The van der Waals surface area contributed by atoms with Crippen LogP contribution in [0.1, 0.15) is 17.5 Å². The molecule has 0 aromatic heterocycles. The molecule has 3 rings (SSSR count). The van der Waals surface area contributed by atoms with Crippen LogP contribution < -0.4 is 9.47 Å². The number of rotatable bonds is 4. The van der Waals surface area contributed by atoms with Gasteiger partial charge in [-0.15, -0.1) is 0 Å². The SMILES string of the molecule is CN(C)CCCN1CCc2cc3c(cc2CC1)OCO3. The maximum absolute atomic E-state index is 5.48. The second-order valence-corrected chi connectivity index (χ2v) is 5.97. The van der Waals surface area contributed by atoms with Crippen LogP contribution in [0.15, 0.2) is 12.1 Å². The number of nitrogens with zero attached hydrogens (tertiary/aromatic N) is 2. The van der Waals surface area contributed by atoms with E-state index in [4.69, 9.17) is 9.47 Å². The molecule has 0 saturated heterocycles. The monoisotopic (exact) mass is 276 g/mol. The molecule has 2 aliphatic rings. The topological polar surface area (TPSA) is 24.9 Å². The van der Waals surface area contributed by atoms with E-state index in [1.54, 1.807) is 0 Å². The molecule has 0 fully saturated rings. The van der Waals surface area contributed by atoms with Crippen LogP contribution in [0.5, 0.6) is 11.5 Å². The van der Waals surface area contributed by atoms with Crippen molar-refractivity contribution in [3.63, 3.8) is 0 Å². The van der Waals surface area contributed by atoms with Gasteiger partial charge in [0, 0.05) is 13.1 Å². The fourth-order valence-corrected chi connectivity index (χ4v) is 2.99. The zero-order valence-corrected chi connectivity index (χ0v) is 12.5. The van der Waals surface area contributed by atoms with Gasteiger partial charge in [0.2, 0.25) is 6.79 Å². The van der Waals surface area contributed by atoms with Crippen molar-refractivity contribution in [3.8, 4) is 11.5 Å². The Morgan fingerprint density at radius 1 is 1.05 bits per heavy atom. The van der Waals surface area contributed by atoms with Crippen molar-refractivity contribution in [2.75, 3.05) is 47.1 Å². The van der Waals surface area contributed by atoms with Gasteiger partial charge in [0.15, 0.2) is 11.5 Å². The zero-order valence-electron chi connectivity index (χ0n) is 12.5. The van der Waals surface area contributed by atoms with Crippen molar-refractivity contribution in [1.82, 2.24) is 9.80 Å². The van der Waals surface area contributed by atoms with Gasteiger partial charge >= 0.3 is 0 Å². The molecule has 4 heteroatoms. The van der Waals surface area contributed by atoms with E-state index in [1.165, 1.54) is 30.6 Å². The first-order chi connectivity index (χ1) is 9.72. The lowest BCUT2D eigenvalue weighted by molar-refractivity contribution is 0.174. The van der Waals surface area contributed by atoms with Crippen molar-refractivity contribution >= 4 is 0 Å². The largest absolute Gasteiger partial charge is 0.454 e. The van der Waals surface area contributed by atoms with Crippen LogP contribution in [0.3, 0.4) is 0 Å². The molecule has 0 saturated carbocycles. The van der Waals surface area contributed by atoms with Crippen molar-refractivity contribution < 1.29 is 9.47 Å². The molecule has 2 aliphatic heterocycles. The highest BCUT2D eigenvalue weighted by Gasteiger charge is 2.20. The minimum absolute atomic E-state index is 0.370. The molecule has 110 valence electrons. The predicted octanol–water partition coefficient (Wildman–Crippen LogP) is 1.77. The normalized spacial score (nSPS) is 18.1. The van der Waals surface area contributed by atoms with Gasteiger partial charge in [0.05, 0.1) is 0 Å². The molecule has 0 atom stereocenters. The molecular weight excluding hydrogens is 252 g/mol. The van der Waals surface area contributed by atoms with Crippen LogP contribution in [0.2, 0.25) is 0 Å². The molecule has 4 nitrogen and oxygen atoms in total. The summed E-state index contributed by atoms with van der Waals surface area (Å²) in [6.07, 6.45) is 3.48. The van der Waals surface area contributed by atoms with Crippen LogP contribution in [0.25, 0.3) is 0 Å². The maximum Gasteiger partial charge on any atom is 0.231 e. The summed E-state index contributed by atoms with van der Waals surface area (Å²) in [5, 5.41) is 0. The zero-order chi connectivity index (χ0) is 13.9. The van der Waals surface area contributed by atoms with Crippen molar-refractivity contribution in [2.24, 2.45) is 0 Å². The highest BCUT2D eigenvalue weighted by Crippen LogP contribution is 2.35. The van der Waals surface area contributed by atoms with Crippen LogP contribution in [-0.4, -0.2) is 56.9 Å². The van der Waals surface area contributed by atoms with Crippen LogP contribution in [0.4, 0.5) is 0 Å².